The van der Waals surface area contributed by atoms with E-state index in [1.54, 1.807) is 0 Å². The van der Waals surface area contributed by atoms with Crippen molar-refractivity contribution < 1.29 is 0 Å². The molecule has 1 atom stereocenters. The first kappa shape index (κ1) is 31.4. The largest absolute Gasteiger partial charge is 0.337 e. The molecule has 0 bridgehead atoms. The first-order valence-electron chi connectivity index (χ1n) is 15.5. The predicted octanol–water partition coefficient (Wildman–Crippen LogP) is 9.61. The summed E-state index contributed by atoms with van der Waals surface area (Å²) in [5.74, 6) is 0. The van der Waals surface area contributed by atoms with Gasteiger partial charge in [0.2, 0.25) is 0 Å². The van der Waals surface area contributed by atoms with Gasteiger partial charge in [0.25, 0.3) is 0 Å². The van der Waals surface area contributed by atoms with E-state index < -0.39 is 0 Å². The third-order valence-corrected chi connectivity index (χ3v) is 8.12. The second-order valence-corrected chi connectivity index (χ2v) is 11.2. The highest BCUT2D eigenvalue weighted by Gasteiger charge is 2.15. The number of hydrogen-bond donors (Lipinski definition) is 2. The zero-order chi connectivity index (χ0) is 31.6. The lowest BCUT2D eigenvalue weighted by Gasteiger charge is -2.16. The maximum Gasteiger partial charge on any atom is 0.0629 e. The summed E-state index contributed by atoms with van der Waals surface area (Å²) < 4.78 is 2.34. The lowest BCUT2D eigenvalue weighted by molar-refractivity contribution is 0.698. The topological polar surface area (TPSA) is 69.3 Å². The summed E-state index contributed by atoms with van der Waals surface area (Å²) >= 11 is 0. The lowest BCUT2D eigenvalue weighted by Crippen LogP contribution is -2.15. The molecule has 45 heavy (non-hydrogen) atoms. The first-order chi connectivity index (χ1) is 22.0. The minimum Gasteiger partial charge on any atom is -0.337 e. The van der Waals surface area contributed by atoms with Crippen LogP contribution in [0.25, 0.3) is 27.8 Å². The van der Waals surface area contributed by atoms with Crippen molar-refractivity contribution in [2.45, 2.75) is 32.9 Å². The number of rotatable bonds is 12. The Morgan fingerprint density at radius 1 is 0.911 bits per heavy atom. The van der Waals surface area contributed by atoms with E-state index in [1.807, 2.05) is 67.8 Å². The molecule has 4 aromatic carbocycles. The number of fused-ring (bicyclic) bond motifs is 2. The number of aliphatic imine (C=N–C) groups is 1. The third kappa shape index (κ3) is 7.74. The second kappa shape index (κ2) is 15.1. The Bertz CT molecular complexity index is 1930. The summed E-state index contributed by atoms with van der Waals surface area (Å²) in [6.07, 6.45) is 15.2. The number of para-hydroxylation sites is 2. The van der Waals surface area contributed by atoms with Crippen LogP contribution in [0.4, 0.5) is 5.69 Å². The Balaban J connectivity index is 1.53. The van der Waals surface area contributed by atoms with Crippen LogP contribution in [-0.4, -0.2) is 17.3 Å². The van der Waals surface area contributed by atoms with E-state index in [2.05, 4.69) is 97.0 Å². The molecule has 5 aromatic rings. The molecule has 0 fully saturated rings. The molecule has 0 aliphatic heterocycles. The minimum absolute atomic E-state index is 0.145. The molecule has 5 rings (SSSR count). The standard InChI is InChI=1S/C41H42N4/c1-4-5-7-14-30(2)31(3)25-41-38(29-44-36-17-8-6-9-18-36)37-19-12-13-20-40(37)45(41)24-23-32(28-42)26-39(43)35-22-21-33-15-10-11-16-34(33)27-35/h4-23,25,27,29,39H,2,24,26,28,42-43H2,1,3H3/b5-4-,14-7-,31-25+,32-23-,44-29?. The number of nitrogens with two attached hydrogens (primary N) is 2. The van der Waals surface area contributed by atoms with Gasteiger partial charge in [0.15, 0.2) is 0 Å². The zero-order valence-corrected chi connectivity index (χ0v) is 26.2. The average Bonchev–Trinajstić information content (AvgIpc) is 3.37. The molecular formula is C41H42N4. The molecule has 1 heterocycles. The molecular weight excluding hydrogens is 548 g/mol. The molecule has 0 radical (unpaired) electrons. The second-order valence-electron chi connectivity index (χ2n) is 11.2. The molecule has 0 aliphatic rings. The summed E-state index contributed by atoms with van der Waals surface area (Å²) in [5.41, 5.74) is 21.5. The number of allylic oxidation sites excluding steroid dienone is 7. The molecule has 0 saturated carbocycles. The fourth-order valence-electron chi connectivity index (χ4n) is 5.51. The van der Waals surface area contributed by atoms with Crippen LogP contribution in [0.5, 0.6) is 0 Å². The number of aromatic nitrogens is 1. The lowest BCUT2D eigenvalue weighted by atomic mass is 9.97. The van der Waals surface area contributed by atoms with Crippen LogP contribution < -0.4 is 11.5 Å². The van der Waals surface area contributed by atoms with Crippen LogP contribution in [-0.2, 0) is 6.54 Å². The summed E-state index contributed by atoms with van der Waals surface area (Å²) in [6.45, 7) is 9.52. The average molecular weight is 591 g/mol. The highest BCUT2D eigenvalue weighted by molar-refractivity contribution is 6.04. The summed E-state index contributed by atoms with van der Waals surface area (Å²) in [7, 11) is 0. The van der Waals surface area contributed by atoms with Gasteiger partial charge in [-0.15, -0.1) is 0 Å². The molecule has 0 saturated heterocycles. The van der Waals surface area contributed by atoms with Gasteiger partial charge in [-0.2, -0.15) is 0 Å². The van der Waals surface area contributed by atoms with Crippen molar-refractivity contribution in [2.75, 3.05) is 6.54 Å². The molecule has 0 amide bonds. The van der Waals surface area contributed by atoms with Crippen LogP contribution >= 0.6 is 0 Å². The molecule has 1 unspecified atom stereocenters. The Labute approximate surface area is 267 Å². The van der Waals surface area contributed by atoms with E-state index in [9.17, 15) is 0 Å². The first-order valence-corrected chi connectivity index (χ1v) is 15.5. The van der Waals surface area contributed by atoms with Crippen LogP contribution in [0.15, 0.2) is 156 Å². The minimum atomic E-state index is -0.145. The van der Waals surface area contributed by atoms with E-state index in [4.69, 9.17) is 16.5 Å². The number of hydrogen-bond acceptors (Lipinski definition) is 3. The zero-order valence-electron chi connectivity index (χ0n) is 26.2. The van der Waals surface area contributed by atoms with E-state index in [-0.39, 0.29) is 6.04 Å². The van der Waals surface area contributed by atoms with E-state index in [0.29, 0.717) is 19.5 Å². The molecule has 4 N–H and O–H groups in total. The van der Waals surface area contributed by atoms with Crippen molar-refractivity contribution in [3.05, 3.63) is 168 Å². The van der Waals surface area contributed by atoms with Crippen molar-refractivity contribution in [3.63, 3.8) is 0 Å². The number of benzene rings is 4. The molecule has 4 heteroatoms. The van der Waals surface area contributed by atoms with Crippen LogP contribution in [0.3, 0.4) is 0 Å². The molecule has 1 aromatic heterocycles. The molecule has 0 spiro atoms. The highest BCUT2D eigenvalue weighted by atomic mass is 15.0. The van der Waals surface area contributed by atoms with Gasteiger partial charge in [0, 0.05) is 41.8 Å². The molecule has 4 nitrogen and oxygen atoms in total. The fourth-order valence-corrected chi connectivity index (χ4v) is 5.51. The molecule has 0 aliphatic carbocycles. The summed E-state index contributed by atoms with van der Waals surface area (Å²) in [4.78, 5) is 4.85. The quantitative estimate of drug-likeness (QED) is 0.0863. The predicted molar refractivity (Wildman–Crippen MR) is 195 cm³/mol. The van der Waals surface area contributed by atoms with Crippen LogP contribution in [0, 0.1) is 0 Å². The highest BCUT2D eigenvalue weighted by Crippen LogP contribution is 2.30. The van der Waals surface area contributed by atoms with Crippen molar-refractivity contribution in [1.82, 2.24) is 4.57 Å². The Kier molecular flexibility index (Phi) is 10.5. The monoisotopic (exact) mass is 590 g/mol. The van der Waals surface area contributed by atoms with Crippen molar-refractivity contribution in [3.8, 4) is 0 Å². The van der Waals surface area contributed by atoms with Gasteiger partial charge < -0.3 is 16.0 Å². The van der Waals surface area contributed by atoms with Gasteiger partial charge in [-0.25, -0.2) is 0 Å². The van der Waals surface area contributed by atoms with E-state index in [0.717, 1.165) is 50.1 Å². The van der Waals surface area contributed by atoms with Crippen molar-refractivity contribution in [2.24, 2.45) is 16.5 Å². The Morgan fingerprint density at radius 3 is 2.42 bits per heavy atom. The van der Waals surface area contributed by atoms with Gasteiger partial charge >= 0.3 is 0 Å². The Morgan fingerprint density at radius 2 is 1.64 bits per heavy atom. The van der Waals surface area contributed by atoms with E-state index in [1.165, 1.54) is 10.8 Å². The normalized spacial score (nSPS) is 13.6. The van der Waals surface area contributed by atoms with Gasteiger partial charge in [0.05, 0.1) is 11.4 Å². The van der Waals surface area contributed by atoms with E-state index >= 15 is 0 Å². The van der Waals surface area contributed by atoms with Crippen molar-refractivity contribution in [1.29, 1.82) is 0 Å². The SMILES string of the molecule is C=C(/C=C\C=C/C)/C(C)=C/c1c(C=Nc2ccccc2)c2ccccc2n1C/C=C(\CN)CC(N)c1ccc2ccccc2c1. The summed E-state index contributed by atoms with van der Waals surface area (Å²) in [5, 5.41) is 3.55. The summed E-state index contributed by atoms with van der Waals surface area (Å²) in [6, 6.07) is 33.2. The van der Waals surface area contributed by atoms with Crippen LogP contribution in [0.1, 0.15) is 43.1 Å². The van der Waals surface area contributed by atoms with Gasteiger partial charge in [0.1, 0.15) is 0 Å². The fraction of sp³-hybridized carbons (Fsp3) is 0.146. The van der Waals surface area contributed by atoms with Gasteiger partial charge in [-0.05, 0) is 78.1 Å². The molecule has 226 valence electrons. The smallest absolute Gasteiger partial charge is 0.0629 e. The van der Waals surface area contributed by atoms with Crippen molar-refractivity contribution >= 4 is 39.7 Å². The van der Waals surface area contributed by atoms with Gasteiger partial charge in [-0.3, -0.25) is 4.99 Å². The maximum absolute atomic E-state index is 6.75. The Hall–Kier alpha value is -5.03. The van der Waals surface area contributed by atoms with Crippen LogP contribution in [0.2, 0.25) is 0 Å². The third-order valence-electron chi connectivity index (χ3n) is 8.12. The number of nitrogens with zero attached hydrogens (tertiary/aromatic N) is 2. The van der Waals surface area contributed by atoms with Gasteiger partial charge in [-0.1, -0.05) is 115 Å². The maximum atomic E-state index is 6.75.